The lowest BCUT2D eigenvalue weighted by atomic mass is 9.88. The highest BCUT2D eigenvalue weighted by molar-refractivity contribution is 5.79. The molecule has 1 aromatic carbocycles. The molecular weight excluding hydrogens is 258 g/mol. The Labute approximate surface area is 117 Å². The molecule has 1 amide bonds. The third kappa shape index (κ3) is 2.13. The van der Waals surface area contributed by atoms with Crippen molar-refractivity contribution >= 4 is 12.1 Å². The minimum atomic E-state index is -0.793. The number of carbonyl (C=O) groups is 2. The van der Waals surface area contributed by atoms with Crippen molar-refractivity contribution in [3.05, 3.63) is 35.9 Å². The van der Waals surface area contributed by atoms with Crippen LogP contribution in [0.5, 0.6) is 0 Å². The number of rotatable bonds is 3. The van der Waals surface area contributed by atoms with Crippen molar-refractivity contribution in [2.75, 3.05) is 6.54 Å². The molecular formula is C15H17NO4. The summed E-state index contributed by atoms with van der Waals surface area (Å²) in [4.78, 5) is 25.0. The Kier molecular flexibility index (Phi) is 3.12. The van der Waals surface area contributed by atoms with Crippen LogP contribution in [0.15, 0.2) is 30.3 Å². The Morgan fingerprint density at radius 2 is 2.10 bits per heavy atom. The summed E-state index contributed by atoms with van der Waals surface area (Å²) >= 11 is 0. The van der Waals surface area contributed by atoms with Crippen molar-refractivity contribution in [2.24, 2.45) is 5.41 Å². The Morgan fingerprint density at radius 1 is 1.35 bits per heavy atom. The second-order valence-corrected chi connectivity index (χ2v) is 5.65. The Bertz CT molecular complexity index is 530. The van der Waals surface area contributed by atoms with Crippen LogP contribution in [0.2, 0.25) is 0 Å². The van der Waals surface area contributed by atoms with Crippen molar-refractivity contribution in [3.8, 4) is 0 Å². The summed E-state index contributed by atoms with van der Waals surface area (Å²) in [7, 11) is 0. The summed E-state index contributed by atoms with van der Waals surface area (Å²) in [5, 5.41) is 9.32. The molecule has 2 unspecified atom stereocenters. The van der Waals surface area contributed by atoms with Gasteiger partial charge in [0.25, 0.3) is 0 Å². The topological polar surface area (TPSA) is 66.8 Å². The number of piperidine rings is 1. The number of carbonyl (C=O) groups excluding carboxylic acids is 1. The summed E-state index contributed by atoms with van der Waals surface area (Å²) in [6.45, 7) is 0.504. The van der Waals surface area contributed by atoms with Gasteiger partial charge in [0, 0.05) is 12.6 Å². The Balaban J connectivity index is 1.61. The van der Waals surface area contributed by atoms with Crippen molar-refractivity contribution < 1.29 is 19.4 Å². The lowest BCUT2D eigenvalue weighted by molar-refractivity contribution is -0.148. The summed E-state index contributed by atoms with van der Waals surface area (Å²) in [6, 6.07) is 9.49. The third-order valence-corrected chi connectivity index (χ3v) is 4.39. The average Bonchev–Trinajstić information content (AvgIpc) is 3.05. The molecule has 2 aliphatic rings. The van der Waals surface area contributed by atoms with Crippen molar-refractivity contribution in [2.45, 2.75) is 31.9 Å². The van der Waals surface area contributed by atoms with Gasteiger partial charge in [-0.3, -0.25) is 4.79 Å². The number of amides is 1. The fourth-order valence-electron chi connectivity index (χ4n) is 3.24. The zero-order valence-electron chi connectivity index (χ0n) is 11.1. The molecule has 20 heavy (non-hydrogen) atoms. The Hall–Kier alpha value is -2.04. The Morgan fingerprint density at radius 3 is 2.75 bits per heavy atom. The van der Waals surface area contributed by atoms with Crippen LogP contribution >= 0.6 is 0 Å². The molecule has 1 saturated heterocycles. The van der Waals surface area contributed by atoms with Crippen LogP contribution in [0, 0.1) is 5.41 Å². The number of carboxylic acids is 1. The van der Waals surface area contributed by atoms with Crippen molar-refractivity contribution in [3.63, 3.8) is 0 Å². The standard InChI is InChI=1S/C15H17NO4/c17-13(18)15-7-6-12(8-15)16(10-15)14(19)20-9-11-4-2-1-3-5-11/h1-5,12H,6-10H2,(H,17,18). The van der Waals surface area contributed by atoms with E-state index in [4.69, 9.17) is 4.74 Å². The summed E-state index contributed by atoms with van der Waals surface area (Å²) < 4.78 is 5.28. The number of benzene rings is 1. The first-order valence-electron chi connectivity index (χ1n) is 6.81. The average molecular weight is 275 g/mol. The lowest BCUT2D eigenvalue weighted by Crippen LogP contribution is -2.42. The first-order chi connectivity index (χ1) is 9.61. The maximum atomic E-state index is 12.1. The molecule has 3 rings (SSSR count). The normalized spacial score (nSPS) is 27.6. The molecule has 2 fully saturated rings. The van der Waals surface area contributed by atoms with E-state index in [2.05, 4.69) is 0 Å². The molecule has 2 atom stereocenters. The number of nitrogens with zero attached hydrogens (tertiary/aromatic N) is 1. The van der Waals surface area contributed by atoms with Gasteiger partial charge in [0.05, 0.1) is 5.41 Å². The molecule has 106 valence electrons. The minimum Gasteiger partial charge on any atom is -0.481 e. The predicted molar refractivity (Wildman–Crippen MR) is 71.0 cm³/mol. The van der Waals surface area contributed by atoms with E-state index in [-0.39, 0.29) is 19.2 Å². The van der Waals surface area contributed by atoms with Crippen LogP contribution in [0.3, 0.4) is 0 Å². The fraction of sp³-hybridized carbons (Fsp3) is 0.467. The second kappa shape index (κ2) is 4.81. The van der Waals surface area contributed by atoms with Crippen LogP contribution in [-0.2, 0) is 16.1 Å². The number of fused-ring (bicyclic) bond motifs is 2. The van der Waals surface area contributed by atoms with Crippen LogP contribution < -0.4 is 0 Å². The van der Waals surface area contributed by atoms with Gasteiger partial charge in [0.15, 0.2) is 0 Å². The van der Waals surface area contributed by atoms with Gasteiger partial charge in [-0.25, -0.2) is 4.79 Å². The smallest absolute Gasteiger partial charge is 0.410 e. The van der Waals surface area contributed by atoms with Crippen molar-refractivity contribution in [1.82, 2.24) is 4.90 Å². The number of carboxylic acid groups (broad SMARTS) is 1. The molecule has 0 radical (unpaired) electrons. The molecule has 2 bridgehead atoms. The molecule has 1 saturated carbocycles. The van der Waals surface area contributed by atoms with Gasteiger partial charge in [0.2, 0.25) is 0 Å². The summed E-state index contributed by atoms with van der Waals surface area (Å²) in [5.74, 6) is -0.793. The van der Waals surface area contributed by atoms with E-state index < -0.39 is 17.5 Å². The van der Waals surface area contributed by atoms with Gasteiger partial charge < -0.3 is 14.7 Å². The second-order valence-electron chi connectivity index (χ2n) is 5.65. The molecule has 0 aromatic heterocycles. The zero-order valence-corrected chi connectivity index (χ0v) is 11.1. The maximum Gasteiger partial charge on any atom is 0.410 e. The number of likely N-dealkylation sites (tertiary alicyclic amines) is 1. The number of aliphatic carboxylic acids is 1. The van der Waals surface area contributed by atoms with E-state index in [9.17, 15) is 14.7 Å². The fourth-order valence-corrected chi connectivity index (χ4v) is 3.24. The maximum absolute atomic E-state index is 12.1. The first-order valence-corrected chi connectivity index (χ1v) is 6.81. The lowest BCUT2D eigenvalue weighted by Gasteiger charge is -2.29. The summed E-state index contributed by atoms with van der Waals surface area (Å²) in [6.07, 6.45) is 1.58. The largest absolute Gasteiger partial charge is 0.481 e. The monoisotopic (exact) mass is 275 g/mol. The van der Waals surface area contributed by atoms with Crippen LogP contribution in [0.4, 0.5) is 4.79 Å². The molecule has 5 nitrogen and oxygen atoms in total. The van der Waals surface area contributed by atoms with Gasteiger partial charge in [-0.15, -0.1) is 0 Å². The van der Waals surface area contributed by atoms with Crippen LogP contribution in [-0.4, -0.2) is 34.7 Å². The number of hydrogen-bond donors (Lipinski definition) is 1. The van der Waals surface area contributed by atoms with E-state index in [0.29, 0.717) is 12.8 Å². The predicted octanol–water partition coefficient (Wildman–Crippen LogP) is 2.26. The van der Waals surface area contributed by atoms with Gasteiger partial charge in [0.1, 0.15) is 6.61 Å². The van der Waals surface area contributed by atoms with E-state index in [0.717, 1.165) is 12.0 Å². The number of hydrogen-bond acceptors (Lipinski definition) is 3. The van der Waals surface area contributed by atoms with Crippen molar-refractivity contribution in [1.29, 1.82) is 0 Å². The van der Waals surface area contributed by atoms with E-state index in [1.807, 2.05) is 30.3 Å². The zero-order chi connectivity index (χ0) is 14.2. The molecule has 1 N–H and O–H groups in total. The highest BCUT2D eigenvalue weighted by atomic mass is 16.6. The van der Waals surface area contributed by atoms with E-state index in [1.54, 1.807) is 4.90 Å². The minimum absolute atomic E-state index is 0.0226. The first kappa shape index (κ1) is 13.0. The van der Waals surface area contributed by atoms with Crippen LogP contribution in [0.25, 0.3) is 0 Å². The van der Waals surface area contributed by atoms with Crippen LogP contribution in [0.1, 0.15) is 24.8 Å². The molecule has 1 aliphatic carbocycles. The third-order valence-electron chi connectivity index (χ3n) is 4.39. The highest BCUT2D eigenvalue weighted by Gasteiger charge is 2.56. The molecule has 1 aliphatic heterocycles. The summed E-state index contributed by atoms with van der Waals surface area (Å²) in [5.41, 5.74) is 0.189. The van der Waals surface area contributed by atoms with Gasteiger partial charge >= 0.3 is 12.1 Å². The van der Waals surface area contributed by atoms with E-state index >= 15 is 0 Å². The van der Waals surface area contributed by atoms with Gasteiger partial charge in [-0.1, -0.05) is 30.3 Å². The molecule has 1 heterocycles. The number of ether oxygens (including phenoxy) is 1. The van der Waals surface area contributed by atoms with E-state index in [1.165, 1.54) is 0 Å². The molecule has 5 heteroatoms. The van der Waals surface area contributed by atoms with Gasteiger partial charge in [-0.05, 0) is 24.8 Å². The highest BCUT2D eigenvalue weighted by Crippen LogP contribution is 2.48. The SMILES string of the molecule is O=C(OCc1ccccc1)N1CC2(C(=O)O)CCC1C2. The quantitative estimate of drug-likeness (QED) is 0.918. The molecule has 0 spiro atoms. The molecule has 1 aromatic rings. The van der Waals surface area contributed by atoms with Gasteiger partial charge in [-0.2, -0.15) is 0 Å².